The van der Waals surface area contributed by atoms with Gasteiger partial charge in [-0.1, -0.05) is 6.92 Å². The number of nitrogens with one attached hydrogen (secondary N) is 2. The fourth-order valence-corrected chi connectivity index (χ4v) is 1.27. The van der Waals surface area contributed by atoms with Crippen molar-refractivity contribution >= 4 is 17.4 Å². The average Bonchev–Trinajstić information content (AvgIpc) is 2.17. The Bertz CT molecular complexity index is 339. The van der Waals surface area contributed by atoms with Crippen molar-refractivity contribution in [2.45, 2.75) is 19.4 Å². The second-order valence-corrected chi connectivity index (χ2v) is 2.88. The smallest absolute Gasteiger partial charge is 0.247 e. The number of aromatic nitrogens is 2. The number of amides is 1. The van der Waals surface area contributed by atoms with E-state index in [0.717, 1.165) is 6.42 Å². The van der Waals surface area contributed by atoms with Crippen LogP contribution in [0.5, 0.6) is 0 Å². The van der Waals surface area contributed by atoms with Crippen LogP contribution in [0.3, 0.4) is 0 Å². The molecule has 68 valence electrons. The van der Waals surface area contributed by atoms with Crippen molar-refractivity contribution in [3.63, 3.8) is 0 Å². The molecule has 0 saturated heterocycles. The summed E-state index contributed by atoms with van der Waals surface area (Å²) in [6.45, 7) is 1.95. The highest BCUT2D eigenvalue weighted by Gasteiger charge is 2.24. The first kappa shape index (κ1) is 7.97. The monoisotopic (exact) mass is 178 g/mol. The Labute approximate surface area is 75.6 Å². The molecule has 1 aromatic rings. The van der Waals surface area contributed by atoms with Crippen LogP contribution < -0.4 is 10.6 Å². The molecular formula is C8H10N4O. The summed E-state index contributed by atoms with van der Waals surface area (Å²) in [6.07, 6.45) is 3.78. The summed E-state index contributed by atoms with van der Waals surface area (Å²) in [5.41, 5.74) is 0.650. The lowest BCUT2D eigenvalue weighted by atomic mass is 10.1. The molecule has 0 saturated carbocycles. The second-order valence-electron chi connectivity index (χ2n) is 2.88. The van der Waals surface area contributed by atoms with Crippen LogP contribution in [0.1, 0.15) is 13.3 Å². The molecule has 1 aliphatic rings. The summed E-state index contributed by atoms with van der Waals surface area (Å²) < 4.78 is 0. The van der Waals surface area contributed by atoms with Crippen LogP contribution in [0, 0.1) is 0 Å². The molecule has 5 nitrogen and oxygen atoms in total. The van der Waals surface area contributed by atoms with E-state index in [4.69, 9.17) is 0 Å². The molecule has 1 amide bonds. The van der Waals surface area contributed by atoms with E-state index in [-0.39, 0.29) is 11.9 Å². The van der Waals surface area contributed by atoms with Crippen molar-refractivity contribution in [1.29, 1.82) is 0 Å². The van der Waals surface area contributed by atoms with E-state index in [1.54, 1.807) is 6.20 Å². The Hall–Kier alpha value is -1.65. The molecule has 5 heteroatoms. The molecular weight excluding hydrogens is 168 g/mol. The van der Waals surface area contributed by atoms with Crippen LogP contribution in [0.4, 0.5) is 11.5 Å². The molecule has 0 bridgehead atoms. The first-order valence-corrected chi connectivity index (χ1v) is 4.18. The highest BCUT2D eigenvalue weighted by molar-refractivity contribution is 6.01. The summed E-state index contributed by atoms with van der Waals surface area (Å²) in [5.74, 6) is 0.672. The predicted octanol–water partition coefficient (Wildman–Crippen LogP) is 0.619. The molecule has 2 N–H and O–H groups in total. The molecule has 0 fully saturated rings. The van der Waals surface area contributed by atoms with Crippen molar-refractivity contribution in [3.05, 3.63) is 12.5 Å². The van der Waals surface area contributed by atoms with Crippen LogP contribution in [0.25, 0.3) is 0 Å². The Morgan fingerprint density at radius 2 is 2.46 bits per heavy atom. The molecule has 0 spiro atoms. The van der Waals surface area contributed by atoms with Gasteiger partial charge in [-0.15, -0.1) is 0 Å². The average molecular weight is 178 g/mol. The van der Waals surface area contributed by atoms with E-state index < -0.39 is 0 Å². The SMILES string of the molecule is CC[C@H]1Nc2ncncc2NC1=O. The van der Waals surface area contributed by atoms with E-state index in [1.807, 2.05) is 6.92 Å². The van der Waals surface area contributed by atoms with E-state index in [9.17, 15) is 4.79 Å². The lowest BCUT2D eigenvalue weighted by molar-refractivity contribution is -0.117. The summed E-state index contributed by atoms with van der Waals surface area (Å²) in [5, 5.41) is 5.77. The van der Waals surface area contributed by atoms with Gasteiger partial charge in [0.05, 0.1) is 6.20 Å². The molecule has 0 radical (unpaired) electrons. The number of carbonyl (C=O) groups is 1. The van der Waals surface area contributed by atoms with Gasteiger partial charge in [0, 0.05) is 0 Å². The number of anilines is 2. The number of hydrogen-bond acceptors (Lipinski definition) is 4. The summed E-state index contributed by atoms with van der Waals surface area (Å²) >= 11 is 0. The minimum Gasteiger partial charge on any atom is -0.357 e. The van der Waals surface area contributed by atoms with Gasteiger partial charge in [0.15, 0.2) is 5.82 Å². The van der Waals surface area contributed by atoms with Gasteiger partial charge >= 0.3 is 0 Å². The van der Waals surface area contributed by atoms with Crippen LogP contribution >= 0.6 is 0 Å². The lowest BCUT2D eigenvalue weighted by Crippen LogP contribution is -2.38. The van der Waals surface area contributed by atoms with Crippen LogP contribution in [0.15, 0.2) is 12.5 Å². The first-order valence-electron chi connectivity index (χ1n) is 4.18. The molecule has 13 heavy (non-hydrogen) atoms. The summed E-state index contributed by atoms with van der Waals surface area (Å²) in [4.78, 5) is 19.2. The van der Waals surface area contributed by atoms with Gasteiger partial charge in [-0.05, 0) is 6.42 Å². The molecule has 1 aromatic heterocycles. The van der Waals surface area contributed by atoms with Crippen molar-refractivity contribution < 1.29 is 4.79 Å². The number of carbonyl (C=O) groups excluding carboxylic acids is 1. The maximum absolute atomic E-state index is 11.4. The highest BCUT2D eigenvalue weighted by atomic mass is 16.2. The normalized spacial score (nSPS) is 20.1. The molecule has 1 aliphatic heterocycles. The van der Waals surface area contributed by atoms with Crippen molar-refractivity contribution in [3.8, 4) is 0 Å². The van der Waals surface area contributed by atoms with Gasteiger partial charge in [-0.2, -0.15) is 0 Å². The number of rotatable bonds is 1. The number of hydrogen-bond donors (Lipinski definition) is 2. The van der Waals surface area contributed by atoms with Gasteiger partial charge in [-0.25, -0.2) is 9.97 Å². The van der Waals surface area contributed by atoms with Crippen LogP contribution in [-0.2, 0) is 4.79 Å². The van der Waals surface area contributed by atoms with Crippen LogP contribution in [-0.4, -0.2) is 21.9 Å². The van der Waals surface area contributed by atoms with Gasteiger partial charge in [0.1, 0.15) is 18.1 Å². The van der Waals surface area contributed by atoms with Gasteiger partial charge in [0.25, 0.3) is 0 Å². The Balaban J connectivity index is 2.33. The molecule has 0 unspecified atom stereocenters. The van der Waals surface area contributed by atoms with E-state index >= 15 is 0 Å². The third-order valence-corrected chi connectivity index (χ3v) is 2.01. The minimum absolute atomic E-state index is 0.0233. The largest absolute Gasteiger partial charge is 0.357 e. The Morgan fingerprint density at radius 3 is 3.23 bits per heavy atom. The van der Waals surface area contributed by atoms with E-state index in [1.165, 1.54) is 6.33 Å². The predicted molar refractivity (Wildman–Crippen MR) is 48.4 cm³/mol. The Kier molecular flexibility index (Phi) is 1.84. The van der Waals surface area contributed by atoms with E-state index in [2.05, 4.69) is 20.6 Å². The fourth-order valence-electron chi connectivity index (χ4n) is 1.27. The van der Waals surface area contributed by atoms with E-state index in [0.29, 0.717) is 11.5 Å². The van der Waals surface area contributed by atoms with Gasteiger partial charge < -0.3 is 10.6 Å². The molecule has 1 atom stereocenters. The molecule has 0 aromatic carbocycles. The van der Waals surface area contributed by atoms with Crippen molar-refractivity contribution in [2.24, 2.45) is 0 Å². The second kappa shape index (κ2) is 3.01. The molecule has 2 heterocycles. The third-order valence-electron chi connectivity index (χ3n) is 2.01. The fraction of sp³-hybridized carbons (Fsp3) is 0.375. The zero-order valence-electron chi connectivity index (χ0n) is 7.24. The summed E-state index contributed by atoms with van der Waals surface area (Å²) in [6, 6.07) is -0.178. The van der Waals surface area contributed by atoms with Gasteiger partial charge in [-0.3, -0.25) is 4.79 Å². The Morgan fingerprint density at radius 1 is 1.62 bits per heavy atom. The van der Waals surface area contributed by atoms with Crippen molar-refractivity contribution in [1.82, 2.24) is 9.97 Å². The quantitative estimate of drug-likeness (QED) is 0.661. The van der Waals surface area contributed by atoms with Gasteiger partial charge in [0.2, 0.25) is 5.91 Å². The highest BCUT2D eigenvalue weighted by Crippen LogP contribution is 2.22. The third kappa shape index (κ3) is 1.32. The summed E-state index contributed by atoms with van der Waals surface area (Å²) in [7, 11) is 0. The van der Waals surface area contributed by atoms with Crippen molar-refractivity contribution in [2.75, 3.05) is 10.6 Å². The lowest BCUT2D eigenvalue weighted by Gasteiger charge is -2.24. The molecule has 0 aliphatic carbocycles. The first-order chi connectivity index (χ1) is 6.31. The maximum Gasteiger partial charge on any atom is 0.247 e. The maximum atomic E-state index is 11.4. The van der Waals surface area contributed by atoms with Crippen LogP contribution in [0.2, 0.25) is 0 Å². The molecule has 2 rings (SSSR count). The zero-order valence-corrected chi connectivity index (χ0v) is 7.24. The number of fused-ring (bicyclic) bond motifs is 1. The zero-order chi connectivity index (χ0) is 9.26. The standard InChI is InChI=1S/C8H10N4O/c1-2-5-8(13)12-6-3-9-4-10-7(6)11-5/h3-5H,2H2,1H3,(H,12,13)(H,9,10,11)/t5-/m1/s1. The minimum atomic E-state index is -0.178. The topological polar surface area (TPSA) is 66.9 Å². The number of nitrogens with zero attached hydrogens (tertiary/aromatic N) is 2.